The van der Waals surface area contributed by atoms with Crippen LogP contribution in [0.25, 0.3) is 0 Å². The number of carbonyl (C=O) groups is 1. The molecule has 90 valence electrons. The minimum absolute atomic E-state index is 0.152. The second-order valence-electron chi connectivity index (χ2n) is 3.88. The third-order valence-electron chi connectivity index (χ3n) is 2.37. The van der Waals surface area contributed by atoms with Gasteiger partial charge in [0, 0.05) is 18.1 Å². The molecule has 1 rings (SSSR count). The van der Waals surface area contributed by atoms with Crippen LogP contribution >= 0.6 is 15.9 Å². The molecule has 0 spiro atoms. The molecular weight excluding hydrogens is 284 g/mol. The molecule has 0 fully saturated rings. The Bertz CT molecular complexity index is 468. The minimum Gasteiger partial charge on any atom is -0.478 e. The van der Waals surface area contributed by atoms with Crippen molar-refractivity contribution in [3.63, 3.8) is 0 Å². The van der Waals surface area contributed by atoms with Crippen LogP contribution in [0, 0.1) is 17.2 Å². The van der Waals surface area contributed by atoms with Crippen LogP contribution in [-0.2, 0) is 0 Å². The number of rotatable bonds is 4. The second-order valence-corrected chi connectivity index (χ2v) is 4.79. The van der Waals surface area contributed by atoms with Gasteiger partial charge in [0.15, 0.2) is 0 Å². The van der Waals surface area contributed by atoms with Crippen molar-refractivity contribution in [3.05, 3.63) is 28.2 Å². The summed E-state index contributed by atoms with van der Waals surface area (Å²) in [4.78, 5) is 12.9. The lowest BCUT2D eigenvalue weighted by atomic mass is 10.1. The zero-order valence-electron chi connectivity index (χ0n) is 9.64. The van der Waals surface area contributed by atoms with Crippen LogP contribution in [0.4, 0.5) is 5.69 Å². The Morgan fingerprint density at radius 2 is 2.29 bits per heavy atom. The number of hydrogen-bond donors (Lipinski definition) is 1. The van der Waals surface area contributed by atoms with Crippen molar-refractivity contribution in [3.8, 4) is 6.07 Å². The Hall–Kier alpha value is -1.54. The maximum Gasteiger partial charge on any atom is 0.337 e. The summed E-state index contributed by atoms with van der Waals surface area (Å²) in [7, 11) is 1.78. The monoisotopic (exact) mass is 296 g/mol. The van der Waals surface area contributed by atoms with Gasteiger partial charge >= 0.3 is 5.97 Å². The van der Waals surface area contributed by atoms with Crippen molar-refractivity contribution in [2.24, 2.45) is 5.92 Å². The minimum atomic E-state index is -0.969. The SMILES string of the molecule is CC(C#N)CN(C)c1cc(Br)ccc1C(=O)O. The molecule has 0 aliphatic carbocycles. The molecule has 0 saturated carbocycles. The van der Waals surface area contributed by atoms with Gasteiger partial charge < -0.3 is 10.0 Å². The Labute approximate surface area is 109 Å². The first-order chi connectivity index (χ1) is 7.95. The van der Waals surface area contributed by atoms with E-state index in [4.69, 9.17) is 10.4 Å². The van der Waals surface area contributed by atoms with Gasteiger partial charge in [-0.15, -0.1) is 0 Å². The lowest BCUT2D eigenvalue weighted by Crippen LogP contribution is -2.25. The van der Waals surface area contributed by atoms with Crippen LogP contribution in [0.1, 0.15) is 17.3 Å². The third kappa shape index (κ3) is 3.46. The fraction of sp³-hybridized carbons (Fsp3) is 0.333. The second kappa shape index (κ2) is 5.69. The van der Waals surface area contributed by atoms with Gasteiger partial charge in [0.1, 0.15) is 0 Å². The number of benzene rings is 1. The Kier molecular flexibility index (Phi) is 4.53. The highest BCUT2D eigenvalue weighted by Gasteiger charge is 2.15. The van der Waals surface area contributed by atoms with E-state index >= 15 is 0 Å². The van der Waals surface area contributed by atoms with Gasteiger partial charge in [-0.2, -0.15) is 5.26 Å². The highest BCUT2D eigenvalue weighted by Crippen LogP contribution is 2.25. The normalized spacial score (nSPS) is 11.6. The molecule has 5 heteroatoms. The molecule has 0 aliphatic rings. The fourth-order valence-corrected chi connectivity index (χ4v) is 1.90. The lowest BCUT2D eigenvalue weighted by Gasteiger charge is -2.22. The molecule has 0 heterocycles. The standard InChI is InChI=1S/C12H13BrN2O2/c1-8(6-14)7-15(2)11-5-9(13)3-4-10(11)12(16)17/h3-5,8H,7H2,1-2H3,(H,16,17). The predicted octanol–water partition coefficient (Wildman–Crippen LogP) is 2.74. The van der Waals surface area contributed by atoms with Gasteiger partial charge in [0.2, 0.25) is 0 Å². The molecule has 4 nitrogen and oxygen atoms in total. The highest BCUT2D eigenvalue weighted by molar-refractivity contribution is 9.10. The van der Waals surface area contributed by atoms with E-state index in [9.17, 15) is 4.79 Å². The number of carboxylic acid groups (broad SMARTS) is 1. The molecule has 0 aromatic heterocycles. The van der Waals surface area contributed by atoms with E-state index < -0.39 is 5.97 Å². The van der Waals surface area contributed by atoms with Gasteiger partial charge in [-0.3, -0.25) is 0 Å². The fourth-order valence-electron chi connectivity index (χ4n) is 1.55. The quantitative estimate of drug-likeness (QED) is 0.928. The molecule has 1 aromatic rings. The molecule has 0 aliphatic heterocycles. The lowest BCUT2D eigenvalue weighted by molar-refractivity contribution is 0.0697. The van der Waals surface area contributed by atoms with E-state index in [0.717, 1.165) is 4.47 Å². The van der Waals surface area contributed by atoms with E-state index in [-0.39, 0.29) is 11.5 Å². The number of anilines is 1. The molecule has 1 aromatic carbocycles. The molecule has 17 heavy (non-hydrogen) atoms. The first-order valence-electron chi connectivity index (χ1n) is 5.09. The van der Waals surface area contributed by atoms with Crippen molar-refractivity contribution in [2.45, 2.75) is 6.92 Å². The van der Waals surface area contributed by atoms with Crippen LogP contribution in [0.15, 0.2) is 22.7 Å². The van der Waals surface area contributed by atoms with Gasteiger partial charge in [-0.05, 0) is 25.1 Å². The van der Waals surface area contributed by atoms with Gasteiger partial charge in [0.05, 0.1) is 23.2 Å². The Morgan fingerprint density at radius 3 is 2.82 bits per heavy atom. The molecule has 0 radical (unpaired) electrons. The first kappa shape index (κ1) is 13.5. The van der Waals surface area contributed by atoms with Crippen LogP contribution < -0.4 is 4.90 Å². The van der Waals surface area contributed by atoms with Crippen LogP contribution in [-0.4, -0.2) is 24.7 Å². The smallest absolute Gasteiger partial charge is 0.337 e. The van der Waals surface area contributed by atoms with Crippen molar-refractivity contribution in [1.82, 2.24) is 0 Å². The molecule has 1 unspecified atom stereocenters. The van der Waals surface area contributed by atoms with Crippen molar-refractivity contribution < 1.29 is 9.90 Å². The van der Waals surface area contributed by atoms with Crippen LogP contribution in [0.2, 0.25) is 0 Å². The van der Waals surface area contributed by atoms with E-state index in [1.54, 1.807) is 37.1 Å². The molecule has 1 atom stereocenters. The zero-order chi connectivity index (χ0) is 13.0. The number of carboxylic acids is 1. The third-order valence-corrected chi connectivity index (χ3v) is 2.86. The average Bonchev–Trinajstić information content (AvgIpc) is 2.28. The van der Waals surface area contributed by atoms with Crippen molar-refractivity contribution in [2.75, 3.05) is 18.5 Å². The van der Waals surface area contributed by atoms with Gasteiger partial charge in [0.25, 0.3) is 0 Å². The summed E-state index contributed by atoms with van der Waals surface area (Å²) in [5.41, 5.74) is 0.842. The van der Waals surface area contributed by atoms with E-state index in [1.165, 1.54) is 0 Å². The van der Waals surface area contributed by atoms with E-state index in [2.05, 4.69) is 22.0 Å². The summed E-state index contributed by atoms with van der Waals surface area (Å²) < 4.78 is 0.814. The van der Waals surface area contributed by atoms with Crippen LogP contribution in [0.3, 0.4) is 0 Å². The van der Waals surface area contributed by atoms with E-state index in [1.807, 2.05) is 0 Å². The number of nitrogens with zero attached hydrogens (tertiary/aromatic N) is 2. The van der Waals surface area contributed by atoms with E-state index in [0.29, 0.717) is 12.2 Å². The Morgan fingerprint density at radius 1 is 1.65 bits per heavy atom. The molecule has 0 bridgehead atoms. The maximum absolute atomic E-state index is 11.1. The average molecular weight is 297 g/mol. The zero-order valence-corrected chi connectivity index (χ0v) is 11.2. The number of hydrogen-bond acceptors (Lipinski definition) is 3. The van der Waals surface area contributed by atoms with Crippen molar-refractivity contribution >= 4 is 27.6 Å². The van der Waals surface area contributed by atoms with Gasteiger partial charge in [-0.25, -0.2) is 4.79 Å². The number of nitriles is 1. The Balaban J connectivity index is 3.07. The summed E-state index contributed by atoms with van der Waals surface area (Å²) in [6.07, 6.45) is 0. The molecule has 1 N–H and O–H groups in total. The van der Waals surface area contributed by atoms with Gasteiger partial charge in [-0.1, -0.05) is 15.9 Å². The summed E-state index contributed by atoms with van der Waals surface area (Å²) >= 11 is 3.31. The highest BCUT2D eigenvalue weighted by atomic mass is 79.9. The molecule has 0 amide bonds. The largest absolute Gasteiger partial charge is 0.478 e. The predicted molar refractivity (Wildman–Crippen MR) is 69.1 cm³/mol. The summed E-state index contributed by atoms with van der Waals surface area (Å²) in [5.74, 6) is -1.12. The topological polar surface area (TPSA) is 64.3 Å². The summed E-state index contributed by atoms with van der Waals surface area (Å²) in [6.45, 7) is 2.29. The first-order valence-corrected chi connectivity index (χ1v) is 5.88. The maximum atomic E-state index is 11.1. The number of halogens is 1. The summed E-state index contributed by atoms with van der Waals surface area (Å²) in [5, 5.41) is 17.9. The molecule has 0 saturated heterocycles. The summed E-state index contributed by atoms with van der Waals surface area (Å²) in [6, 6.07) is 7.11. The molecular formula is C12H13BrN2O2. The number of aromatic carboxylic acids is 1. The van der Waals surface area contributed by atoms with Crippen LogP contribution in [0.5, 0.6) is 0 Å². The van der Waals surface area contributed by atoms with Crippen molar-refractivity contribution in [1.29, 1.82) is 5.26 Å².